The fourth-order valence-corrected chi connectivity index (χ4v) is 9.97. The summed E-state index contributed by atoms with van der Waals surface area (Å²) in [6.45, 7) is 6.26. The van der Waals surface area contributed by atoms with Crippen LogP contribution in [0.1, 0.15) is 49.5 Å². The summed E-state index contributed by atoms with van der Waals surface area (Å²) in [6, 6.07) is 14.7. The van der Waals surface area contributed by atoms with E-state index in [4.69, 9.17) is 0 Å². The van der Waals surface area contributed by atoms with Gasteiger partial charge in [0.1, 0.15) is 12.4 Å². The Balaban J connectivity index is 1.34. The molecule has 37 heavy (non-hydrogen) atoms. The van der Waals surface area contributed by atoms with Crippen molar-refractivity contribution >= 4 is 40.4 Å². The summed E-state index contributed by atoms with van der Waals surface area (Å²) in [5.74, 6) is 1.49. The molecule has 2 heterocycles. The van der Waals surface area contributed by atoms with Gasteiger partial charge in [-0.3, -0.25) is 14.2 Å². The van der Waals surface area contributed by atoms with Crippen molar-refractivity contribution in [2.75, 3.05) is 23.3 Å². The van der Waals surface area contributed by atoms with Crippen LogP contribution in [-0.4, -0.2) is 28.8 Å². The summed E-state index contributed by atoms with van der Waals surface area (Å²) >= 11 is 3.15. The van der Waals surface area contributed by atoms with E-state index in [9.17, 15) is 14.0 Å². The summed E-state index contributed by atoms with van der Waals surface area (Å²) < 4.78 is 14.9. The maximum Gasteiger partial charge on any atom is 0.308 e. The average molecular weight is 538 g/mol. The molecule has 1 aliphatic heterocycles. The highest BCUT2D eigenvalue weighted by atomic mass is 32.2. The van der Waals surface area contributed by atoms with Crippen LogP contribution in [-0.2, 0) is 11.3 Å². The molecule has 2 saturated carbocycles. The van der Waals surface area contributed by atoms with Gasteiger partial charge < -0.3 is 10.2 Å². The van der Waals surface area contributed by atoms with Gasteiger partial charge >= 0.3 is 4.87 Å². The molecule has 5 unspecified atom stereocenters. The highest BCUT2D eigenvalue weighted by Crippen LogP contribution is 2.64. The molecule has 1 aromatic heterocycles. The third-order valence-electron chi connectivity index (χ3n) is 8.50. The first-order chi connectivity index (χ1) is 18.0. The maximum atomic E-state index is 13.3. The zero-order valence-electron chi connectivity index (χ0n) is 21.2. The fraction of sp³-hybridized carbons (Fsp3) is 0.448. The molecule has 8 heteroatoms. The Bertz CT molecular complexity index is 1350. The van der Waals surface area contributed by atoms with Crippen molar-refractivity contribution in [2.45, 2.75) is 55.8 Å². The van der Waals surface area contributed by atoms with Crippen LogP contribution in [0, 0.1) is 23.6 Å². The summed E-state index contributed by atoms with van der Waals surface area (Å²) in [5, 5.41) is 4.26. The normalized spacial score (nSPS) is 25.5. The molecule has 0 radical (unpaired) electrons. The smallest absolute Gasteiger partial charge is 0.308 e. The number of aromatic nitrogens is 1. The first-order valence-electron chi connectivity index (χ1n) is 13.3. The van der Waals surface area contributed by atoms with Crippen LogP contribution in [0.4, 0.5) is 15.8 Å². The molecule has 0 spiro atoms. The van der Waals surface area contributed by atoms with Gasteiger partial charge in [-0.25, -0.2) is 4.39 Å². The zero-order chi connectivity index (χ0) is 25.7. The lowest BCUT2D eigenvalue weighted by Gasteiger charge is -2.40. The molecule has 5 atom stereocenters. The highest BCUT2D eigenvalue weighted by molar-refractivity contribution is 8.00. The van der Waals surface area contributed by atoms with Crippen LogP contribution >= 0.6 is 23.1 Å². The Morgan fingerprint density at radius 1 is 1.05 bits per heavy atom. The van der Waals surface area contributed by atoms with Crippen molar-refractivity contribution < 1.29 is 9.18 Å². The van der Waals surface area contributed by atoms with E-state index < -0.39 is 0 Å². The molecular weight excluding hydrogens is 505 g/mol. The largest absolute Gasteiger partial charge is 0.372 e. The third kappa shape index (κ3) is 4.42. The fourth-order valence-electron chi connectivity index (χ4n) is 6.82. The van der Waals surface area contributed by atoms with Crippen molar-refractivity contribution in [2.24, 2.45) is 17.8 Å². The Labute approximate surface area is 225 Å². The lowest BCUT2D eigenvalue weighted by Crippen LogP contribution is -2.35. The van der Waals surface area contributed by atoms with Gasteiger partial charge in [-0.2, -0.15) is 0 Å². The SMILES string of the molecule is CCN(CC)c1ccc(C2c3sc(=O)n(CC(=O)Nc4ccc(F)cc4)c3SC3C4CCC(C4)C23)cc1. The van der Waals surface area contributed by atoms with Crippen LogP contribution in [0.25, 0.3) is 0 Å². The van der Waals surface area contributed by atoms with Crippen molar-refractivity contribution in [1.29, 1.82) is 0 Å². The summed E-state index contributed by atoms with van der Waals surface area (Å²) in [7, 11) is 0. The molecule has 0 saturated heterocycles. The molecule has 2 fully saturated rings. The number of benzene rings is 2. The number of hydrogen-bond donors (Lipinski definition) is 1. The maximum absolute atomic E-state index is 13.3. The lowest BCUT2D eigenvalue weighted by molar-refractivity contribution is -0.116. The molecule has 1 amide bonds. The number of nitrogens with zero attached hydrogens (tertiary/aromatic N) is 2. The molecule has 2 aromatic carbocycles. The lowest BCUT2D eigenvalue weighted by atomic mass is 9.75. The Morgan fingerprint density at radius 2 is 1.76 bits per heavy atom. The summed E-state index contributed by atoms with van der Waals surface area (Å²) in [5.41, 5.74) is 3.03. The number of anilines is 2. The number of nitrogens with one attached hydrogen (secondary N) is 1. The van der Waals surface area contributed by atoms with E-state index in [-0.39, 0.29) is 29.1 Å². The minimum Gasteiger partial charge on any atom is -0.372 e. The number of carbonyl (C=O) groups excluding carboxylic acids is 1. The molecule has 2 bridgehead atoms. The number of thioether (sulfide) groups is 1. The Kier molecular flexibility index (Phi) is 6.65. The first kappa shape index (κ1) is 24.7. The van der Waals surface area contributed by atoms with Crippen LogP contribution in [0.3, 0.4) is 0 Å². The topological polar surface area (TPSA) is 54.3 Å². The van der Waals surface area contributed by atoms with Crippen LogP contribution in [0.2, 0.25) is 0 Å². The second kappa shape index (κ2) is 9.95. The second-order valence-corrected chi connectivity index (χ2v) is 12.6. The van der Waals surface area contributed by atoms with Gasteiger partial charge in [-0.05, 0) is 92.8 Å². The predicted octanol–water partition coefficient (Wildman–Crippen LogP) is 6.19. The molecule has 6 rings (SSSR count). The van der Waals surface area contributed by atoms with Gasteiger partial charge in [-0.1, -0.05) is 23.5 Å². The number of halogens is 1. The first-order valence-corrected chi connectivity index (χ1v) is 15.0. The van der Waals surface area contributed by atoms with Crippen molar-refractivity contribution in [3.05, 3.63) is 74.5 Å². The summed E-state index contributed by atoms with van der Waals surface area (Å²) in [4.78, 5) is 29.5. The van der Waals surface area contributed by atoms with Gasteiger partial charge in [0, 0.05) is 40.5 Å². The van der Waals surface area contributed by atoms with Gasteiger partial charge in [0.2, 0.25) is 5.91 Å². The van der Waals surface area contributed by atoms with E-state index >= 15 is 0 Å². The molecule has 3 aromatic rings. The number of thiazole rings is 1. The van der Waals surface area contributed by atoms with Crippen LogP contribution in [0.5, 0.6) is 0 Å². The van der Waals surface area contributed by atoms with E-state index in [1.165, 1.54) is 66.1 Å². The molecule has 194 valence electrons. The number of carbonyl (C=O) groups is 1. The molecule has 2 aliphatic carbocycles. The molecule has 5 nitrogen and oxygen atoms in total. The molecule has 1 N–H and O–H groups in total. The van der Waals surface area contributed by atoms with Crippen LogP contribution < -0.4 is 15.1 Å². The zero-order valence-corrected chi connectivity index (χ0v) is 22.8. The van der Waals surface area contributed by atoms with Crippen molar-refractivity contribution in [3.8, 4) is 0 Å². The van der Waals surface area contributed by atoms with Crippen LogP contribution in [0.15, 0.2) is 58.4 Å². The standard InChI is InChI=1S/C29H32FN3O2S2/c1-3-32(4-2)22-13-7-17(8-14-22)24-25-18-5-6-19(15-18)26(25)36-28-27(24)37-29(35)33(28)16-23(34)31-21-11-9-20(30)10-12-21/h7-14,18-19,24-26H,3-6,15-16H2,1-2H3,(H,31,34). The van der Waals surface area contributed by atoms with Crippen molar-refractivity contribution in [3.63, 3.8) is 0 Å². The quantitative estimate of drug-likeness (QED) is 0.391. The minimum atomic E-state index is -0.353. The van der Waals surface area contributed by atoms with E-state index in [1.54, 1.807) is 4.57 Å². The van der Waals surface area contributed by atoms with Gasteiger partial charge in [0.25, 0.3) is 0 Å². The Hall–Kier alpha value is -2.58. The monoisotopic (exact) mass is 537 g/mol. The Morgan fingerprint density at radius 3 is 2.46 bits per heavy atom. The van der Waals surface area contributed by atoms with Gasteiger partial charge in [0.05, 0.1) is 5.03 Å². The number of fused-ring (bicyclic) bond motifs is 6. The van der Waals surface area contributed by atoms with E-state index in [1.807, 2.05) is 11.8 Å². The number of rotatable bonds is 7. The number of hydrogen-bond acceptors (Lipinski definition) is 5. The molecule has 3 aliphatic rings. The van der Waals surface area contributed by atoms with E-state index in [2.05, 4.69) is 48.3 Å². The minimum absolute atomic E-state index is 0.0336. The van der Waals surface area contributed by atoms with Crippen molar-refractivity contribution in [1.82, 2.24) is 4.57 Å². The van der Waals surface area contributed by atoms with Gasteiger partial charge in [0.15, 0.2) is 0 Å². The second-order valence-electron chi connectivity index (χ2n) is 10.4. The average Bonchev–Trinajstić information content (AvgIpc) is 3.60. The highest BCUT2D eigenvalue weighted by Gasteiger charge is 2.55. The van der Waals surface area contributed by atoms with E-state index in [0.29, 0.717) is 28.7 Å². The molecular formula is C29H32FN3O2S2. The number of amides is 1. The predicted molar refractivity (Wildman–Crippen MR) is 149 cm³/mol. The van der Waals surface area contributed by atoms with E-state index in [0.717, 1.165) is 23.0 Å². The summed E-state index contributed by atoms with van der Waals surface area (Å²) in [6.07, 6.45) is 3.83. The van der Waals surface area contributed by atoms with Gasteiger partial charge in [-0.15, -0.1) is 11.8 Å². The third-order valence-corrected chi connectivity index (χ3v) is 11.3.